The fourth-order valence-electron chi connectivity index (χ4n) is 2.21. The second kappa shape index (κ2) is 4.55. The lowest BCUT2D eigenvalue weighted by molar-refractivity contribution is 1.11. The van der Waals surface area contributed by atoms with Crippen molar-refractivity contribution in [1.82, 2.24) is 9.55 Å². The number of nitrogens with two attached hydrogens (primary N) is 1. The third-order valence-electron chi connectivity index (χ3n) is 3.15. The zero-order valence-electron chi connectivity index (χ0n) is 10.8. The highest BCUT2D eigenvalue weighted by Crippen LogP contribution is 2.29. The molecule has 0 unspecified atom stereocenters. The average molecular weight is 283 g/mol. The van der Waals surface area contributed by atoms with E-state index in [2.05, 4.69) is 11.1 Å². The van der Waals surface area contributed by atoms with Gasteiger partial charge in [-0.25, -0.2) is 4.98 Å². The van der Waals surface area contributed by atoms with Crippen LogP contribution < -0.4 is 5.73 Å². The van der Waals surface area contributed by atoms with Crippen molar-refractivity contribution in [3.8, 4) is 11.8 Å². The zero-order valence-corrected chi connectivity index (χ0v) is 11.5. The highest BCUT2D eigenvalue weighted by atomic mass is 35.5. The molecule has 4 nitrogen and oxygen atoms in total. The van der Waals surface area contributed by atoms with Crippen LogP contribution in [-0.4, -0.2) is 9.55 Å². The predicted molar refractivity (Wildman–Crippen MR) is 79.9 cm³/mol. The first kappa shape index (κ1) is 12.5. The van der Waals surface area contributed by atoms with Crippen LogP contribution in [0.1, 0.15) is 11.1 Å². The van der Waals surface area contributed by atoms with Gasteiger partial charge in [0, 0.05) is 0 Å². The number of anilines is 1. The van der Waals surface area contributed by atoms with E-state index in [-0.39, 0.29) is 0 Å². The Kier molecular flexibility index (Phi) is 2.85. The number of hydrogen-bond donors (Lipinski definition) is 1. The summed E-state index contributed by atoms with van der Waals surface area (Å²) in [6.07, 6.45) is 0. The Bertz CT molecular complexity index is 858. The minimum Gasteiger partial charge on any atom is -0.369 e. The van der Waals surface area contributed by atoms with Gasteiger partial charge in [-0.15, -0.1) is 0 Å². The van der Waals surface area contributed by atoms with E-state index in [9.17, 15) is 0 Å². The molecule has 0 saturated carbocycles. The predicted octanol–water partition coefficient (Wildman–Crippen LogP) is 3.44. The van der Waals surface area contributed by atoms with Crippen molar-refractivity contribution >= 4 is 28.6 Å². The van der Waals surface area contributed by atoms with Crippen molar-refractivity contribution in [2.45, 2.75) is 6.92 Å². The van der Waals surface area contributed by atoms with Crippen molar-refractivity contribution in [3.05, 3.63) is 52.5 Å². The van der Waals surface area contributed by atoms with Crippen molar-refractivity contribution in [3.63, 3.8) is 0 Å². The summed E-state index contributed by atoms with van der Waals surface area (Å²) in [5.41, 5.74) is 10.1. The van der Waals surface area contributed by atoms with Crippen LogP contribution in [0.2, 0.25) is 5.02 Å². The van der Waals surface area contributed by atoms with Crippen molar-refractivity contribution in [1.29, 1.82) is 5.26 Å². The second-order valence-corrected chi connectivity index (χ2v) is 4.98. The molecule has 0 aliphatic rings. The van der Waals surface area contributed by atoms with Crippen molar-refractivity contribution in [2.24, 2.45) is 0 Å². The number of hydrogen-bond acceptors (Lipinski definition) is 3. The van der Waals surface area contributed by atoms with Gasteiger partial charge in [0.2, 0.25) is 5.95 Å². The second-order valence-electron chi connectivity index (χ2n) is 4.58. The molecule has 0 radical (unpaired) electrons. The molecule has 1 heterocycles. The van der Waals surface area contributed by atoms with Gasteiger partial charge in [-0.05, 0) is 42.8 Å². The maximum absolute atomic E-state index is 8.89. The molecule has 3 rings (SSSR count). The fourth-order valence-corrected chi connectivity index (χ4v) is 2.48. The van der Waals surface area contributed by atoms with Gasteiger partial charge >= 0.3 is 0 Å². The van der Waals surface area contributed by atoms with E-state index < -0.39 is 0 Å². The zero-order chi connectivity index (χ0) is 14.3. The number of nitriles is 1. The number of aromatic nitrogens is 2. The van der Waals surface area contributed by atoms with Crippen molar-refractivity contribution < 1.29 is 0 Å². The number of halogens is 1. The summed E-state index contributed by atoms with van der Waals surface area (Å²) in [7, 11) is 0. The average Bonchev–Trinajstić information content (AvgIpc) is 2.74. The van der Waals surface area contributed by atoms with Crippen LogP contribution in [0, 0.1) is 18.3 Å². The lowest BCUT2D eigenvalue weighted by Gasteiger charge is -2.09. The number of benzene rings is 2. The molecule has 0 spiro atoms. The van der Waals surface area contributed by atoms with E-state index in [1.165, 1.54) is 0 Å². The van der Waals surface area contributed by atoms with Crippen LogP contribution in [-0.2, 0) is 0 Å². The van der Waals surface area contributed by atoms with E-state index in [4.69, 9.17) is 22.6 Å². The number of rotatable bonds is 1. The number of nitrogens with zero attached hydrogens (tertiary/aromatic N) is 3. The van der Waals surface area contributed by atoms with E-state index in [0.717, 1.165) is 22.3 Å². The molecule has 2 aromatic carbocycles. The Labute approximate surface area is 121 Å². The largest absolute Gasteiger partial charge is 0.369 e. The van der Waals surface area contributed by atoms with Gasteiger partial charge in [0.15, 0.2) is 0 Å². The molecule has 0 aliphatic carbocycles. The summed E-state index contributed by atoms with van der Waals surface area (Å²) in [4.78, 5) is 4.33. The first-order valence-corrected chi connectivity index (χ1v) is 6.42. The summed E-state index contributed by atoms with van der Waals surface area (Å²) in [5, 5.41) is 9.36. The third kappa shape index (κ3) is 1.89. The van der Waals surface area contributed by atoms with Gasteiger partial charge in [-0.2, -0.15) is 5.26 Å². The number of imidazole rings is 1. The first-order chi connectivity index (χ1) is 9.60. The van der Waals surface area contributed by atoms with Gasteiger partial charge in [0.25, 0.3) is 0 Å². The van der Waals surface area contributed by atoms with Crippen LogP contribution in [0.15, 0.2) is 36.4 Å². The molecule has 0 bridgehead atoms. The standard InChI is InChI=1S/C15H11ClN4/c1-9-2-4-12-14(6-9)20(15(18)19-12)13-5-3-10(8-17)7-11(13)16/h2-7H,1H3,(H2,18,19). The number of aryl methyl sites for hydroxylation is 1. The SMILES string of the molecule is Cc1ccc2nc(N)n(-c3ccc(C#N)cc3Cl)c2c1. The Hall–Kier alpha value is -2.51. The molecule has 0 atom stereocenters. The van der Waals surface area contributed by atoms with E-state index in [0.29, 0.717) is 16.5 Å². The molecule has 20 heavy (non-hydrogen) atoms. The van der Waals surface area contributed by atoms with Crippen LogP contribution in [0.25, 0.3) is 16.7 Å². The fraction of sp³-hybridized carbons (Fsp3) is 0.0667. The highest BCUT2D eigenvalue weighted by molar-refractivity contribution is 6.32. The van der Waals surface area contributed by atoms with Gasteiger partial charge in [-0.3, -0.25) is 4.57 Å². The molecule has 2 N–H and O–H groups in total. The summed E-state index contributed by atoms with van der Waals surface area (Å²) in [6, 6.07) is 13.1. The van der Waals surface area contributed by atoms with E-state index in [1.54, 1.807) is 22.8 Å². The minimum atomic E-state index is 0.372. The van der Waals surface area contributed by atoms with E-state index in [1.807, 2.05) is 25.1 Å². The monoisotopic (exact) mass is 282 g/mol. The Morgan fingerprint density at radius 2 is 2.05 bits per heavy atom. The van der Waals surface area contributed by atoms with Crippen LogP contribution in [0.5, 0.6) is 0 Å². The lowest BCUT2D eigenvalue weighted by Crippen LogP contribution is -2.01. The molecule has 3 aromatic rings. The Morgan fingerprint density at radius 3 is 2.75 bits per heavy atom. The topological polar surface area (TPSA) is 67.6 Å². The molecular weight excluding hydrogens is 272 g/mol. The Morgan fingerprint density at radius 1 is 1.25 bits per heavy atom. The summed E-state index contributed by atoms with van der Waals surface area (Å²) in [5.74, 6) is 0.372. The maximum Gasteiger partial charge on any atom is 0.205 e. The van der Waals surface area contributed by atoms with Gasteiger partial charge in [0.05, 0.1) is 33.4 Å². The third-order valence-corrected chi connectivity index (χ3v) is 3.46. The van der Waals surface area contributed by atoms with Gasteiger partial charge in [0.1, 0.15) is 0 Å². The lowest BCUT2D eigenvalue weighted by atomic mass is 10.2. The molecule has 1 aromatic heterocycles. The summed E-state index contributed by atoms with van der Waals surface area (Å²) >= 11 is 6.26. The molecule has 98 valence electrons. The van der Waals surface area contributed by atoms with Gasteiger partial charge in [-0.1, -0.05) is 17.7 Å². The maximum atomic E-state index is 8.89. The summed E-state index contributed by atoms with van der Waals surface area (Å²) in [6.45, 7) is 2.01. The van der Waals surface area contributed by atoms with Gasteiger partial charge < -0.3 is 5.73 Å². The molecule has 0 saturated heterocycles. The van der Waals surface area contributed by atoms with Crippen LogP contribution in [0.3, 0.4) is 0 Å². The quantitative estimate of drug-likeness (QED) is 0.743. The normalized spacial score (nSPS) is 10.7. The molecule has 5 heteroatoms. The molecule has 0 amide bonds. The van der Waals surface area contributed by atoms with Crippen LogP contribution >= 0.6 is 11.6 Å². The molecular formula is C15H11ClN4. The Balaban J connectivity index is 2.32. The number of fused-ring (bicyclic) bond motifs is 1. The smallest absolute Gasteiger partial charge is 0.205 e. The van der Waals surface area contributed by atoms with Crippen LogP contribution in [0.4, 0.5) is 5.95 Å². The van der Waals surface area contributed by atoms with Crippen molar-refractivity contribution in [2.75, 3.05) is 5.73 Å². The summed E-state index contributed by atoms with van der Waals surface area (Å²) < 4.78 is 1.80. The van der Waals surface area contributed by atoms with E-state index >= 15 is 0 Å². The highest BCUT2D eigenvalue weighted by Gasteiger charge is 2.13. The molecule has 0 fully saturated rings. The first-order valence-electron chi connectivity index (χ1n) is 6.05. The minimum absolute atomic E-state index is 0.372. The number of nitrogen functional groups attached to an aromatic ring is 1. The molecule has 0 aliphatic heterocycles.